The summed E-state index contributed by atoms with van der Waals surface area (Å²) in [6.45, 7) is 1.08. The van der Waals surface area contributed by atoms with Crippen LogP contribution < -0.4 is 5.32 Å². The minimum Gasteiger partial charge on any atom is -0.464 e. The molecule has 1 aliphatic heterocycles. The third-order valence-corrected chi connectivity index (χ3v) is 5.44. The zero-order chi connectivity index (χ0) is 22.1. The number of imidazole rings is 1. The summed E-state index contributed by atoms with van der Waals surface area (Å²) in [7, 11) is -3.27. The van der Waals surface area contributed by atoms with Crippen LogP contribution in [0.15, 0.2) is 6.33 Å². The van der Waals surface area contributed by atoms with Gasteiger partial charge in [0, 0.05) is 13.5 Å². The van der Waals surface area contributed by atoms with Crippen molar-refractivity contribution in [1.82, 2.24) is 19.5 Å². The van der Waals surface area contributed by atoms with Gasteiger partial charge in [0.25, 0.3) is 5.85 Å². The lowest BCUT2D eigenvalue weighted by molar-refractivity contribution is -0.154. The monoisotopic (exact) mass is 465 g/mol. The number of carbonyl (C=O) groups excluding carboxylic acids is 1. The van der Waals surface area contributed by atoms with Crippen LogP contribution in [0.4, 0.5) is 5.82 Å². The highest BCUT2D eigenvalue weighted by molar-refractivity contribution is 7.53. The standard InChI is InChI=1S/C15H21ClN5O8P/c1-3-27-13(23)14(30(24,25)26)28-5-7-4-8(22)12(29-7)21-6-18-9-10(17-2)19-15(16)20-11(9)21/h6-8,12,14,22H,3-5H2,1-2H3,(H,17,19,20)(H2,24,25,26)/t7-,8+,12+,14+/m0/s1. The number of aromatic nitrogens is 4. The van der Waals surface area contributed by atoms with E-state index in [0.29, 0.717) is 17.0 Å². The zero-order valence-corrected chi connectivity index (χ0v) is 17.7. The molecule has 30 heavy (non-hydrogen) atoms. The van der Waals surface area contributed by atoms with Crippen LogP contribution in [0.3, 0.4) is 0 Å². The second kappa shape index (κ2) is 9.10. The number of anilines is 1. The molecule has 3 heterocycles. The van der Waals surface area contributed by atoms with E-state index in [1.54, 1.807) is 7.05 Å². The highest BCUT2D eigenvalue weighted by atomic mass is 35.5. The van der Waals surface area contributed by atoms with Gasteiger partial charge in [0.05, 0.1) is 25.6 Å². The van der Waals surface area contributed by atoms with Gasteiger partial charge in [-0.1, -0.05) is 0 Å². The molecule has 13 nitrogen and oxygen atoms in total. The van der Waals surface area contributed by atoms with Crippen molar-refractivity contribution < 1.29 is 38.5 Å². The number of esters is 1. The van der Waals surface area contributed by atoms with Crippen LogP contribution >= 0.6 is 19.2 Å². The highest BCUT2D eigenvalue weighted by Gasteiger charge is 2.41. The third kappa shape index (κ3) is 4.72. The molecule has 0 spiro atoms. The average Bonchev–Trinajstić information content (AvgIpc) is 3.23. The van der Waals surface area contributed by atoms with Gasteiger partial charge in [-0.2, -0.15) is 9.97 Å². The molecule has 0 amide bonds. The van der Waals surface area contributed by atoms with Crippen molar-refractivity contribution >= 4 is 42.1 Å². The lowest BCUT2D eigenvalue weighted by Crippen LogP contribution is -2.30. The SMILES string of the molecule is CCOC(=O)[C@H](OC[C@@H]1C[C@@H](O)[C@H](n2cnc3c(NC)nc(Cl)nc32)O1)P(=O)(O)O. The Labute approximate surface area is 175 Å². The Balaban J connectivity index is 1.75. The summed E-state index contributed by atoms with van der Waals surface area (Å²) in [5, 5.41) is 13.3. The minimum absolute atomic E-state index is 0.0279. The number of aliphatic hydroxyl groups is 1. The van der Waals surface area contributed by atoms with Crippen molar-refractivity contribution in [2.45, 2.75) is 37.6 Å². The van der Waals surface area contributed by atoms with Gasteiger partial charge in [0.2, 0.25) is 5.28 Å². The normalized spacial score (nSPS) is 22.9. The maximum atomic E-state index is 11.8. The quantitative estimate of drug-likeness (QED) is 0.237. The number of carbonyl (C=O) groups is 1. The predicted molar refractivity (Wildman–Crippen MR) is 103 cm³/mol. The van der Waals surface area contributed by atoms with Gasteiger partial charge in [-0.05, 0) is 18.5 Å². The molecule has 15 heteroatoms. The largest absolute Gasteiger partial charge is 0.464 e. The van der Waals surface area contributed by atoms with Crippen LogP contribution in [-0.4, -0.2) is 78.7 Å². The molecule has 4 N–H and O–H groups in total. The fourth-order valence-electron chi connectivity index (χ4n) is 3.05. The second-order valence-corrected chi connectivity index (χ2v) is 8.38. The molecule has 3 rings (SSSR count). The first-order valence-corrected chi connectivity index (χ1v) is 11.0. The molecule has 2 aromatic rings. The number of rotatable bonds is 8. The lowest BCUT2D eigenvalue weighted by Gasteiger charge is -2.20. The molecule has 0 aromatic carbocycles. The van der Waals surface area contributed by atoms with Crippen LogP contribution in [-0.2, 0) is 23.6 Å². The predicted octanol–water partition coefficient (Wildman–Crippen LogP) is 0.253. The topological polar surface area (TPSA) is 178 Å². The molecule has 0 bridgehead atoms. The Morgan fingerprint density at radius 2 is 2.23 bits per heavy atom. The van der Waals surface area contributed by atoms with Crippen LogP contribution in [0.25, 0.3) is 11.2 Å². The molecule has 0 radical (unpaired) electrons. The van der Waals surface area contributed by atoms with E-state index in [1.165, 1.54) is 17.8 Å². The smallest absolute Gasteiger partial charge is 0.365 e. The van der Waals surface area contributed by atoms with E-state index in [1.807, 2.05) is 0 Å². The Hall–Kier alpha value is -1.86. The van der Waals surface area contributed by atoms with Crippen molar-refractivity contribution in [2.24, 2.45) is 0 Å². The fraction of sp³-hybridized carbons (Fsp3) is 0.600. The average molecular weight is 466 g/mol. The Morgan fingerprint density at radius 3 is 2.87 bits per heavy atom. The molecule has 1 aliphatic rings. The zero-order valence-electron chi connectivity index (χ0n) is 16.0. The van der Waals surface area contributed by atoms with Gasteiger partial charge in [0.1, 0.15) is 6.10 Å². The first-order valence-electron chi connectivity index (χ1n) is 8.90. The van der Waals surface area contributed by atoms with E-state index in [-0.39, 0.29) is 24.9 Å². The number of aliphatic hydroxyl groups excluding tert-OH is 1. The van der Waals surface area contributed by atoms with E-state index < -0.39 is 37.8 Å². The van der Waals surface area contributed by atoms with Gasteiger partial charge in [-0.3, -0.25) is 9.13 Å². The van der Waals surface area contributed by atoms with Crippen molar-refractivity contribution in [3.05, 3.63) is 11.6 Å². The molecular formula is C15H21ClN5O8P. The van der Waals surface area contributed by atoms with Gasteiger partial charge in [0.15, 0.2) is 23.2 Å². The van der Waals surface area contributed by atoms with Crippen LogP contribution in [0.5, 0.6) is 0 Å². The first kappa shape index (κ1) is 22.8. The molecule has 0 unspecified atom stereocenters. The number of nitrogens with zero attached hydrogens (tertiary/aromatic N) is 4. The summed E-state index contributed by atoms with van der Waals surface area (Å²) < 4.78 is 28.5. The molecular weight excluding hydrogens is 445 g/mol. The molecule has 2 aromatic heterocycles. The number of fused-ring (bicyclic) bond motifs is 1. The molecule has 0 saturated carbocycles. The minimum atomic E-state index is -4.91. The highest BCUT2D eigenvalue weighted by Crippen LogP contribution is 2.43. The molecule has 166 valence electrons. The van der Waals surface area contributed by atoms with Crippen LogP contribution in [0.1, 0.15) is 19.6 Å². The second-order valence-electron chi connectivity index (χ2n) is 6.39. The van der Waals surface area contributed by atoms with Crippen molar-refractivity contribution in [3.63, 3.8) is 0 Å². The third-order valence-electron chi connectivity index (χ3n) is 4.30. The summed E-state index contributed by atoms with van der Waals surface area (Å²) in [4.78, 5) is 42.8. The maximum Gasteiger partial charge on any atom is 0.365 e. The summed E-state index contributed by atoms with van der Waals surface area (Å²) in [6.07, 6.45) is -1.18. The van der Waals surface area contributed by atoms with E-state index in [4.69, 9.17) is 21.1 Å². The van der Waals surface area contributed by atoms with E-state index in [2.05, 4.69) is 25.0 Å². The molecule has 0 aliphatic carbocycles. The van der Waals surface area contributed by atoms with E-state index in [0.717, 1.165) is 0 Å². The molecule has 1 fully saturated rings. The fourth-order valence-corrected chi connectivity index (χ4v) is 3.85. The van der Waals surface area contributed by atoms with Gasteiger partial charge < -0.3 is 34.4 Å². The van der Waals surface area contributed by atoms with Gasteiger partial charge in [-0.25, -0.2) is 9.78 Å². The molecule has 1 saturated heterocycles. The summed E-state index contributed by atoms with van der Waals surface area (Å²) >= 11 is 5.94. The van der Waals surface area contributed by atoms with E-state index >= 15 is 0 Å². The Morgan fingerprint density at radius 1 is 1.50 bits per heavy atom. The number of nitrogens with one attached hydrogen (secondary N) is 1. The number of hydrogen-bond acceptors (Lipinski definition) is 10. The van der Waals surface area contributed by atoms with Crippen molar-refractivity contribution in [3.8, 4) is 0 Å². The number of ether oxygens (including phenoxy) is 3. The summed E-state index contributed by atoms with van der Waals surface area (Å²) in [6, 6.07) is 0. The first-order chi connectivity index (χ1) is 14.2. The van der Waals surface area contributed by atoms with Gasteiger partial charge >= 0.3 is 13.6 Å². The Kier molecular flexibility index (Phi) is 6.92. The number of halogens is 1. The van der Waals surface area contributed by atoms with E-state index in [9.17, 15) is 24.3 Å². The Bertz CT molecular complexity index is 968. The molecule has 4 atom stereocenters. The van der Waals surface area contributed by atoms with Gasteiger partial charge in [-0.15, -0.1) is 0 Å². The van der Waals surface area contributed by atoms with Crippen LogP contribution in [0, 0.1) is 0 Å². The maximum absolute atomic E-state index is 11.8. The van der Waals surface area contributed by atoms with Crippen molar-refractivity contribution in [1.29, 1.82) is 0 Å². The number of hydrogen-bond donors (Lipinski definition) is 4. The van der Waals surface area contributed by atoms with Crippen molar-refractivity contribution in [2.75, 3.05) is 25.6 Å². The summed E-state index contributed by atoms with van der Waals surface area (Å²) in [5.41, 5.74) is 0.742. The lowest BCUT2D eigenvalue weighted by atomic mass is 10.2. The van der Waals surface area contributed by atoms with Crippen LogP contribution in [0.2, 0.25) is 5.28 Å². The summed E-state index contributed by atoms with van der Waals surface area (Å²) in [5.74, 6) is -2.85.